The molecule has 0 saturated carbocycles. The van der Waals surface area contributed by atoms with Gasteiger partial charge in [-0.25, -0.2) is 0 Å². The second kappa shape index (κ2) is 18.8. The highest BCUT2D eigenvalue weighted by atomic mass is 16.3. The molecule has 1 aliphatic rings. The number of aromatic hydroxyl groups is 1. The van der Waals surface area contributed by atoms with Gasteiger partial charge in [0, 0.05) is 32.0 Å². The number of nitrogens with two attached hydrogens (primary N) is 4. The highest BCUT2D eigenvalue weighted by Crippen LogP contribution is 2.19. The Labute approximate surface area is 296 Å². The van der Waals surface area contributed by atoms with Gasteiger partial charge in [0.15, 0.2) is 11.9 Å². The summed E-state index contributed by atoms with van der Waals surface area (Å²) in [6.07, 6.45) is 1.86. The minimum atomic E-state index is -1.09. The quantitative estimate of drug-likeness (QED) is 0.0707. The summed E-state index contributed by atoms with van der Waals surface area (Å²) in [5.74, 6) is -2.15. The molecule has 4 amide bonds. The van der Waals surface area contributed by atoms with E-state index in [-0.39, 0.29) is 62.9 Å². The molecule has 4 atom stereocenters. The lowest BCUT2D eigenvalue weighted by Crippen LogP contribution is -2.58. The molecule has 15 heteroatoms. The van der Waals surface area contributed by atoms with Crippen molar-refractivity contribution in [2.24, 2.45) is 32.9 Å². The number of nitrogens with zero attached hydrogens (tertiary/aromatic N) is 2. The van der Waals surface area contributed by atoms with Crippen molar-refractivity contribution in [2.45, 2.75) is 75.5 Å². The van der Waals surface area contributed by atoms with E-state index in [4.69, 9.17) is 22.9 Å². The van der Waals surface area contributed by atoms with E-state index >= 15 is 0 Å². The summed E-state index contributed by atoms with van der Waals surface area (Å²) < 4.78 is 0. The highest BCUT2D eigenvalue weighted by Gasteiger charge is 2.31. The van der Waals surface area contributed by atoms with Gasteiger partial charge in [-0.15, -0.1) is 0 Å². The number of carbonyl (C=O) groups is 4. The molecule has 272 valence electrons. The molecular weight excluding hydrogens is 652 g/mol. The molecule has 1 aliphatic heterocycles. The van der Waals surface area contributed by atoms with Gasteiger partial charge in [0.05, 0.1) is 0 Å². The number of hydrogen-bond acceptors (Lipinski definition) is 7. The van der Waals surface area contributed by atoms with Crippen LogP contribution in [-0.2, 0) is 32.0 Å². The van der Waals surface area contributed by atoms with Gasteiger partial charge in [-0.2, -0.15) is 0 Å². The van der Waals surface area contributed by atoms with Gasteiger partial charge in [0.25, 0.3) is 0 Å². The minimum absolute atomic E-state index is 0.0152. The standard InChI is InChI=1S/C36H48N10O5/c37-35(38)41-17-3-7-28-32(49)43-26(20-23-9-12-24-5-1-2-6-25(24)19-23)13-16-31(48)44-30(21-22-10-14-27(47)15-11-22)34(51)46-29(33(50)45-28)8-4-18-42-36(39)40/h1-2,5-6,9-12,14-15,19,26,28-30,47H,3-4,7-8,13,16-18,20-21H2,(H,43,49)(H,44,48)(H,45,50)(H,46,51)(H4,37,38,41)(H4,39,40,42)/t26-,28+,29+,30-/m1/s1. The average Bonchev–Trinajstić information content (AvgIpc) is 3.09. The fourth-order valence-electron chi connectivity index (χ4n) is 5.92. The topological polar surface area (TPSA) is 265 Å². The fourth-order valence-corrected chi connectivity index (χ4v) is 5.92. The maximum atomic E-state index is 13.9. The number of rotatable bonds is 12. The monoisotopic (exact) mass is 700 g/mol. The van der Waals surface area contributed by atoms with Crippen LogP contribution in [0.4, 0.5) is 0 Å². The van der Waals surface area contributed by atoms with E-state index in [0.717, 1.165) is 16.3 Å². The summed E-state index contributed by atoms with van der Waals surface area (Å²) in [7, 11) is 0. The maximum Gasteiger partial charge on any atom is 0.243 e. The van der Waals surface area contributed by atoms with Crippen LogP contribution in [0.1, 0.15) is 49.7 Å². The highest BCUT2D eigenvalue weighted by molar-refractivity contribution is 5.94. The number of phenolic OH excluding ortho intramolecular Hbond substituents is 1. The number of phenols is 1. The third kappa shape index (κ3) is 12.5. The first-order chi connectivity index (χ1) is 24.5. The molecule has 0 spiro atoms. The van der Waals surface area contributed by atoms with Crippen molar-refractivity contribution in [3.8, 4) is 5.75 Å². The first-order valence-corrected chi connectivity index (χ1v) is 17.0. The summed E-state index contributed by atoms with van der Waals surface area (Å²) in [6.45, 7) is 0.439. The number of hydrogen-bond donors (Lipinski definition) is 9. The van der Waals surface area contributed by atoms with Crippen LogP contribution >= 0.6 is 0 Å². The van der Waals surface area contributed by atoms with Crippen LogP contribution in [0.2, 0.25) is 0 Å². The van der Waals surface area contributed by atoms with E-state index in [9.17, 15) is 24.3 Å². The van der Waals surface area contributed by atoms with Crippen LogP contribution in [0.5, 0.6) is 5.75 Å². The van der Waals surface area contributed by atoms with Gasteiger partial charge in [-0.3, -0.25) is 29.2 Å². The Morgan fingerprint density at radius 3 is 1.80 bits per heavy atom. The summed E-state index contributed by atoms with van der Waals surface area (Å²) in [4.78, 5) is 62.9. The number of fused-ring (bicyclic) bond motifs is 1. The first kappa shape index (κ1) is 38.0. The molecule has 0 bridgehead atoms. The Hall–Kier alpha value is -5.86. The van der Waals surface area contributed by atoms with Gasteiger partial charge >= 0.3 is 0 Å². The van der Waals surface area contributed by atoms with Gasteiger partial charge in [-0.05, 0) is 72.6 Å². The SMILES string of the molecule is NC(N)=NCCC[C@@H]1NC(=O)[C@H](CCCN=C(N)N)NC(=O)[C@@H](Cc2ccc(O)cc2)NC(=O)CC[C@H](Cc2ccc3ccccc3c2)NC1=O. The van der Waals surface area contributed by atoms with Crippen LogP contribution in [0.3, 0.4) is 0 Å². The molecule has 1 heterocycles. The lowest BCUT2D eigenvalue weighted by atomic mass is 9.97. The third-order valence-corrected chi connectivity index (χ3v) is 8.55. The number of guanidine groups is 2. The van der Waals surface area contributed by atoms with E-state index in [0.29, 0.717) is 24.8 Å². The van der Waals surface area contributed by atoms with Crippen LogP contribution in [0.15, 0.2) is 76.7 Å². The Bertz CT molecular complexity index is 1720. The summed E-state index contributed by atoms with van der Waals surface area (Å²) in [6, 6.07) is 16.7. The fraction of sp³-hybridized carbons (Fsp3) is 0.389. The van der Waals surface area contributed by atoms with E-state index in [1.54, 1.807) is 12.1 Å². The van der Waals surface area contributed by atoms with Crippen molar-refractivity contribution < 1.29 is 24.3 Å². The van der Waals surface area contributed by atoms with Crippen LogP contribution < -0.4 is 44.2 Å². The molecule has 3 aromatic carbocycles. The third-order valence-electron chi connectivity index (χ3n) is 8.55. The largest absolute Gasteiger partial charge is 0.508 e. The smallest absolute Gasteiger partial charge is 0.243 e. The zero-order chi connectivity index (χ0) is 36.8. The van der Waals surface area contributed by atoms with Crippen molar-refractivity contribution in [2.75, 3.05) is 13.1 Å². The molecule has 1 fully saturated rings. The normalized spacial score (nSPS) is 20.2. The van der Waals surface area contributed by atoms with E-state index in [2.05, 4.69) is 31.3 Å². The average molecular weight is 701 g/mol. The van der Waals surface area contributed by atoms with Crippen LogP contribution in [-0.4, -0.2) is 77.9 Å². The first-order valence-electron chi connectivity index (χ1n) is 17.0. The Kier molecular flexibility index (Phi) is 14.0. The summed E-state index contributed by atoms with van der Waals surface area (Å²) in [5, 5.41) is 23.4. The lowest BCUT2D eigenvalue weighted by Gasteiger charge is -2.28. The second-order valence-corrected chi connectivity index (χ2v) is 12.6. The van der Waals surface area contributed by atoms with Gasteiger partial charge < -0.3 is 49.3 Å². The second-order valence-electron chi connectivity index (χ2n) is 12.6. The molecule has 13 N–H and O–H groups in total. The van der Waals surface area contributed by atoms with Gasteiger partial charge in [-0.1, -0.05) is 54.6 Å². The number of benzene rings is 3. The molecular formula is C36H48N10O5. The van der Waals surface area contributed by atoms with Gasteiger partial charge in [0.1, 0.15) is 23.9 Å². The molecule has 51 heavy (non-hydrogen) atoms. The zero-order valence-corrected chi connectivity index (χ0v) is 28.5. The van der Waals surface area contributed by atoms with E-state index in [1.165, 1.54) is 12.1 Å². The van der Waals surface area contributed by atoms with E-state index in [1.807, 2.05) is 42.5 Å². The predicted octanol–water partition coefficient (Wildman–Crippen LogP) is 0.171. The minimum Gasteiger partial charge on any atom is -0.508 e. The van der Waals surface area contributed by atoms with Gasteiger partial charge in [0.2, 0.25) is 23.6 Å². The Morgan fingerprint density at radius 2 is 1.20 bits per heavy atom. The Balaban J connectivity index is 1.65. The number of aliphatic imine (C=N–C) groups is 2. The molecule has 15 nitrogen and oxygen atoms in total. The van der Waals surface area contributed by atoms with Crippen LogP contribution in [0.25, 0.3) is 10.8 Å². The number of carbonyl (C=O) groups excluding carboxylic acids is 4. The van der Waals surface area contributed by atoms with Crippen LogP contribution in [0, 0.1) is 0 Å². The molecule has 0 aliphatic carbocycles. The molecule has 0 radical (unpaired) electrons. The van der Waals surface area contributed by atoms with Crippen molar-refractivity contribution in [3.05, 3.63) is 77.9 Å². The van der Waals surface area contributed by atoms with Crippen molar-refractivity contribution in [1.82, 2.24) is 21.3 Å². The summed E-state index contributed by atoms with van der Waals surface area (Å²) in [5.41, 5.74) is 23.5. The maximum absolute atomic E-state index is 13.9. The number of amides is 4. The predicted molar refractivity (Wildman–Crippen MR) is 196 cm³/mol. The summed E-state index contributed by atoms with van der Waals surface area (Å²) >= 11 is 0. The molecule has 4 rings (SSSR count). The van der Waals surface area contributed by atoms with E-state index < -0.39 is 47.8 Å². The molecule has 0 unspecified atom stereocenters. The van der Waals surface area contributed by atoms with Crippen molar-refractivity contribution in [1.29, 1.82) is 0 Å². The Morgan fingerprint density at radius 1 is 0.647 bits per heavy atom. The van der Waals surface area contributed by atoms with Crippen molar-refractivity contribution in [3.63, 3.8) is 0 Å². The zero-order valence-electron chi connectivity index (χ0n) is 28.5. The molecule has 1 saturated heterocycles. The number of nitrogens with one attached hydrogen (secondary N) is 4. The lowest BCUT2D eigenvalue weighted by molar-refractivity contribution is -0.134. The van der Waals surface area contributed by atoms with Crippen molar-refractivity contribution >= 4 is 46.3 Å². The molecule has 0 aromatic heterocycles. The molecule has 3 aromatic rings.